The molecule has 1 aromatic heterocycles. The highest BCUT2D eigenvalue weighted by molar-refractivity contribution is 7.14. The summed E-state index contributed by atoms with van der Waals surface area (Å²) < 4.78 is 0. The lowest BCUT2D eigenvalue weighted by molar-refractivity contribution is -0.115. The molecule has 4 N–H and O–H groups in total. The van der Waals surface area contributed by atoms with Gasteiger partial charge in [0.1, 0.15) is 0 Å². The second-order valence-corrected chi connectivity index (χ2v) is 6.63. The normalized spacial score (nSPS) is 10.1. The molecule has 2 aromatic carbocycles. The van der Waals surface area contributed by atoms with Crippen LogP contribution in [0.2, 0.25) is 0 Å². The van der Waals surface area contributed by atoms with Crippen LogP contribution in [0.25, 0.3) is 11.3 Å². The number of benzene rings is 2. The number of hydrogen-bond donors (Lipinski definition) is 4. The first-order chi connectivity index (χ1) is 13.0. The molecule has 138 valence electrons. The van der Waals surface area contributed by atoms with Gasteiger partial charge in [0.2, 0.25) is 16.9 Å². The van der Waals surface area contributed by atoms with Crippen LogP contribution in [0, 0.1) is 0 Å². The Balaban J connectivity index is 1.81. The highest BCUT2D eigenvalue weighted by Gasteiger charge is 2.12. The molecule has 0 fully saturated rings. The van der Waals surface area contributed by atoms with Gasteiger partial charge in [-0.3, -0.25) is 20.4 Å². The van der Waals surface area contributed by atoms with Crippen LogP contribution in [0.1, 0.15) is 13.8 Å². The third kappa shape index (κ3) is 5.05. The zero-order valence-electron chi connectivity index (χ0n) is 14.9. The number of para-hydroxylation sites is 1. The van der Waals surface area contributed by atoms with Crippen LogP contribution in [0.3, 0.4) is 0 Å². The van der Waals surface area contributed by atoms with Crippen molar-refractivity contribution in [1.82, 2.24) is 4.98 Å². The molecule has 0 saturated carbocycles. The summed E-state index contributed by atoms with van der Waals surface area (Å²) in [6.07, 6.45) is 0. The summed E-state index contributed by atoms with van der Waals surface area (Å²) in [6, 6.07) is 15.0. The molecule has 0 saturated heterocycles. The van der Waals surface area contributed by atoms with Gasteiger partial charge in [-0.25, -0.2) is 4.98 Å². The highest BCUT2D eigenvalue weighted by Crippen LogP contribution is 2.33. The summed E-state index contributed by atoms with van der Waals surface area (Å²) >= 11 is 1.44. The molecule has 1 heterocycles. The number of carbonyl (C=O) groups excluding carboxylic acids is 2. The Morgan fingerprint density at radius 3 is 2.33 bits per heavy atom. The molecule has 0 bridgehead atoms. The smallest absolute Gasteiger partial charge is 0.221 e. The minimum atomic E-state index is -0.199. The number of nitrogens with one attached hydrogen (secondary N) is 4. The number of aromatic nitrogens is 1. The van der Waals surface area contributed by atoms with Gasteiger partial charge in [-0.1, -0.05) is 18.2 Å². The summed E-state index contributed by atoms with van der Waals surface area (Å²) in [5, 5.41) is 8.09. The Bertz CT molecular complexity index is 956. The molecule has 0 spiro atoms. The summed E-state index contributed by atoms with van der Waals surface area (Å²) in [6.45, 7) is 2.87. The predicted molar refractivity (Wildman–Crippen MR) is 110 cm³/mol. The Kier molecular flexibility index (Phi) is 5.68. The van der Waals surface area contributed by atoms with E-state index in [1.807, 2.05) is 41.8 Å². The fourth-order valence-corrected chi connectivity index (χ4v) is 3.11. The first-order valence-corrected chi connectivity index (χ1v) is 9.11. The van der Waals surface area contributed by atoms with Crippen LogP contribution in [-0.2, 0) is 9.59 Å². The van der Waals surface area contributed by atoms with E-state index in [0.717, 1.165) is 16.9 Å². The molecule has 0 atom stereocenters. The van der Waals surface area contributed by atoms with Crippen molar-refractivity contribution in [3.63, 3.8) is 0 Å². The van der Waals surface area contributed by atoms with Gasteiger partial charge in [-0.15, -0.1) is 11.3 Å². The zero-order valence-corrected chi connectivity index (χ0v) is 15.7. The Labute approximate surface area is 160 Å². The fourth-order valence-electron chi connectivity index (χ4n) is 2.44. The Morgan fingerprint density at radius 1 is 0.889 bits per heavy atom. The molecule has 7 nitrogen and oxygen atoms in total. The second kappa shape index (κ2) is 8.33. The van der Waals surface area contributed by atoms with E-state index < -0.39 is 0 Å². The third-order valence-corrected chi connectivity index (χ3v) is 4.28. The minimum absolute atomic E-state index is 0.177. The van der Waals surface area contributed by atoms with Crippen molar-refractivity contribution < 1.29 is 9.59 Å². The van der Waals surface area contributed by atoms with Crippen LogP contribution in [0.4, 0.5) is 22.2 Å². The number of rotatable bonds is 6. The van der Waals surface area contributed by atoms with E-state index in [-0.39, 0.29) is 11.8 Å². The highest BCUT2D eigenvalue weighted by atomic mass is 32.1. The van der Waals surface area contributed by atoms with Crippen molar-refractivity contribution in [1.29, 1.82) is 0 Å². The topological polar surface area (TPSA) is 95.2 Å². The number of hydrogen-bond acceptors (Lipinski definition) is 6. The molecular weight excluding hydrogens is 362 g/mol. The molecular formula is C19H19N5O2S. The van der Waals surface area contributed by atoms with Crippen LogP contribution < -0.4 is 21.5 Å². The van der Waals surface area contributed by atoms with Gasteiger partial charge >= 0.3 is 0 Å². The van der Waals surface area contributed by atoms with Gasteiger partial charge < -0.3 is 10.6 Å². The van der Waals surface area contributed by atoms with Crippen molar-refractivity contribution >= 4 is 45.3 Å². The van der Waals surface area contributed by atoms with Gasteiger partial charge in [0.05, 0.1) is 17.1 Å². The largest absolute Gasteiger partial charge is 0.326 e. The van der Waals surface area contributed by atoms with Crippen LogP contribution in [0.15, 0.2) is 53.9 Å². The third-order valence-electron chi connectivity index (χ3n) is 3.52. The van der Waals surface area contributed by atoms with E-state index >= 15 is 0 Å². The van der Waals surface area contributed by atoms with E-state index in [0.29, 0.717) is 16.5 Å². The molecule has 2 amide bonds. The summed E-state index contributed by atoms with van der Waals surface area (Å²) in [4.78, 5) is 27.4. The molecule has 8 heteroatoms. The molecule has 0 radical (unpaired) electrons. The van der Waals surface area contributed by atoms with Crippen molar-refractivity contribution in [2.45, 2.75) is 13.8 Å². The lowest BCUT2D eigenvalue weighted by Crippen LogP contribution is -2.10. The molecule has 3 rings (SSSR count). The Hall–Kier alpha value is -3.39. The standard InChI is InChI=1S/C19H19N5O2S/c1-12(25)20-15-8-9-16(17(10-15)21-13(2)26)18-11-27-19(22-18)24-23-14-6-4-3-5-7-14/h3-11,23H,1-2H3,(H,20,25)(H,21,26)(H,22,24). The molecule has 0 aliphatic rings. The maximum Gasteiger partial charge on any atom is 0.221 e. The fraction of sp³-hybridized carbons (Fsp3) is 0.105. The molecule has 0 unspecified atom stereocenters. The van der Waals surface area contributed by atoms with Crippen molar-refractivity contribution in [2.24, 2.45) is 0 Å². The van der Waals surface area contributed by atoms with Crippen molar-refractivity contribution in [2.75, 3.05) is 21.5 Å². The first-order valence-electron chi connectivity index (χ1n) is 8.23. The van der Waals surface area contributed by atoms with Gasteiger partial charge in [0.15, 0.2) is 0 Å². The van der Waals surface area contributed by atoms with Gasteiger partial charge in [-0.05, 0) is 30.3 Å². The first kappa shape index (κ1) is 18.4. The summed E-state index contributed by atoms with van der Waals surface area (Å²) in [5.41, 5.74) is 9.75. The zero-order chi connectivity index (χ0) is 19.2. The molecule has 3 aromatic rings. The van der Waals surface area contributed by atoms with Gasteiger partial charge in [-0.2, -0.15) is 0 Å². The van der Waals surface area contributed by atoms with Gasteiger partial charge in [0, 0.05) is 30.5 Å². The number of hydrazine groups is 1. The molecule has 0 aliphatic carbocycles. The summed E-state index contributed by atoms with van der Waals surface area (Å²) in [7, 11) is 0. The van der Waals surface area contributed by atoms with Crippen LogP contribution in [0.5, 0.6) is 0 Å². The molecule has 0 aliphatic heterocycles. The van der Waals surface area contributed by atoms with E-state index in [1.54, 1.807) is 12.1 Å². The van der Waals surface area contributed by atoms with E-state index in [9.17, 15) is 9.59 Å². The number of carbonyl (C=O) groups is 2. The molecule has 27 heavy (non-hydrogen) atoms. The average Bonchev–Trinajstić information content (AvgIpc) is 3.09. The number of anilines is 4. The van der Waals surface area contributed by atoms with Crippen LogP contribution in [-0.4, -0.2) is 16.8 Å². The van der Waals surface area contributed by atoms with E-state index in [2.05, 4.69) is 26.5 Å². The lowest BCUT2D eigenvalue weighted by Gasteiger charge is -2.11. The van der Waals surface area contributed by atoms with Crippen molar-refractivity contribution in [3.05, 3.63) is 53.9 Å². The maximum atomic E-state index is 11.6. The predicted octanol–water partition coefficient (Wildman–Crippen LogP) is 4.17. The lowest BCUT2D eigenvalue weighted by atomic mass is 10.1. The average molecular weight is 381 g/mol. The minimum Gasteiger partial charge on any atom is -0.326 e. The quantitative estimate of drug-likeness (QED) is 0.481. The Morgan fingerprint density at radius 2 is 1.63 bits per heavy atom. The number of thiazole rings is 1. The van der Waals surface area contributed by atoms with E-state index in [4.69, 9.17) is 0 Å². The van der Waals surface area contributed by atoms with Crippen molar-refractivity contribution in [3.8, 4) is 11.3 Å². The van der Waals surface area contributed by atoms with E-state index in [1.165, 1.54) is 25.2 Å². The summed E-state index contributed by atoms with van der Waals surface area (Å²) in [5.74, 6) is -0.376. The monoisotopic (exact) mass is 381 g/mol. The number of nitrogens with zero attached hydrogens (tertiary/aromatic N) is 1. The number of amides is 2. The SMILES string of the molecule is CC(=O)Nc1ccc(-c2csc(NNc3ccccc3)n2)c(NC(C)=O)c1. The van der Waals surface area contributed by atoms with Gasteiger partial charge in [0.25, 0.3) is 0 Å². The second-order valence-electron chi connectivity index (χ2n) is 5.78. The van der Waals surface area contributed by atoms with Crippen LogP contribution >= 0.6 is 11.3 Å². The maximum absolute atomic E-state index is 11.6.